The van der Waals surface area contributed by atoms with E-state index in [0.29, 0.717) is 43.3 Å². The van der Waals surface area contributed by atoms with Crippen LogP contribution in [0.25, 0.3) is 0 Å². The van der Waals surface area contributed by atoms with Gasteiger partial charge in [0, 0.05) is 42.5 Å². The summed E-state index contributed by atoms with van der Waals surface area (Å²) in [4.78, 5) is 28.5. The predicted octanol–water partition coefficient (Wildman–Crippen LogP) is 4.32. The minimum absolute atomic E-state index is 0.0665. The van der Waals surface area contributed by atoms with E-state index in [2.05, 4.69) is 10.1 Å². The minimum atomic E-state index is -2.95. The Balaban J connectivity index is 1.60. The van der Waals surface area contributed by atoms with Crippen molar-refractivity contribution in [3.8, 4) is 5.75 Å². The van der Waals surface area contributed by atoms with Crippen LogP contribution in [0.1, 0.15) is 16.8 Å². The number of anilines is 1. The maximum Gasteiger partial charge on any atom is 0.387 e. The second kappa shape index (κ2) is 9.56. The van der Waals surface area contributed by atoms with Gasteiger partial charge in [-0.05, 0) is 42.8 Å². The van der Waals surface area contributed by atoms with Crippen molar-refractivity contribution >= 4 is 29.2 Å². The Kier molecular flexibility index (Phi) is 6.87. The number of ether oxygens (including phenoxy) is 1. The second-order valence-electron chi connectivity index (χ2n) is 6.48. The van der Waals surface area contributed by atoms with E-state index in [0.717, 1.165) is 0 Å². The molecule has 154 valence electrons. The van der Waals surface area contributed by atoms with Crippen LogP contribution in [-0.4, -0.2) is 54.5 Å². The molecule has 29 heavy (non-hydrogen) atoms. The van der Waals surface area contributed by atoms with Crippen LogP contribution in [0.3, 0.4) is 0 Å². The Morgan fingerprint density at radius 2 is 1.72 bits per heavy atom. The molecule has 2 aromatic carbocycles. The van der Waals surface area contributed by atoms with Gasteiger partial charge in [-0.3, -0.25) is 4.79 Å². The monoisotopic (exact) mass is 423 g/mol. The van der Waals surface area contributed by atoms with Crippen molar-refractivity contribution in [1.82, 2.24) is 9.80 Å². The molecule has 0 bridgehead atoms. The number of hydrogen-bond acceptors (Lipinski definition) is 3. The van der Waals surface area contributed by atoms with Crippen LogP contribution in [0.4, 0.5) is 19.3 Å². The summed E-state index contributed by atoms with van der Waals surface area (Å²) in [6, 6.07) is 12.3. The number of alkyl halides is 2. The fourth-order valence-corrected chi connectivity index (χ4v) is 3.27. The number of nitrogens with zero attached hydrogens (tertiary/aromatic N) is 2. The number of urea groups is 1. The van der Waals surface area contributed by atoms with E-state index >= 15 is 0 Å². The van der Waals surface area contributed by atoms with Crippen LogP contribution in [0.2, 0.25) is 5.02 Å². The van der Waals surface area contributed by atoms with Crippen molar-refractivity contribution in [2.45, 2.75) is 13.0 Å². The third kappa shape index (κ3) is 5.80. The maximum atomic E-state index is 12.7. The zero-order chi connectivity index (χ0) is 20.8. The number of hydrogen-bond donors (Lipinski definition) is 1. The zero-order valence-electron chi connectivity index (χ0n) is 15.5. The van der Waals surface area contributed by atoms with Crippen molar-refractivity contribution in [3.05, 3.63) is 59.1 Å². The first-order valence-corrected chi connectivity index (χ1v) is 9.46. The summed E-state index contributed by atoms with van der Waals surface area (Å²) in [7, 11) is 0. The first-order valence-electron chi connectivity index (χ1n) is 9.08. The molecule has 1 aliphatic rings. The molecule has 0 atom stereocenters. The largest absolute Gasteiger partial charge is 0.435 e. The number of nitrogens with one attached hydrogen (secondary N) is 1. The Labute approximate surface area is 172 Å². The predicted molar refractivity (Wildman–Crippen MR) is 106 cm³/mol. The topological polar surface area (TPSA) is 61.9 Å². The van der Waals surface area contributed by atoms with Crippen LogP contribution in [0.5, 0.6) is 5.75 Å². The molecule has 3 amide bonds. The summed E-state index contributed by atoms with van der Waals surface area (Å²) in [5.41, 5.74) is 0.857. The van der Waals surface area contributed by atoms with Crippen molar-refractivity contribution in [2.24, 2.45) is 0 Å². The molecule has 1 aliphatic heterocycles. The van der Waals surface area contributed by atoms with Crippen molar-refractivity contribution in [2.75, 3.05) is 31.5 Å². The highest BCUT2D eigenvalue weighted by Gasteiger charge is 2.23. The Bertz CT molecular complexity index is 882. The van der Waals surface area contributed by atoms with Crippen molar-refractivity contribution in [3.63, 3.8) is 0 Å². The number of carbonyl (C=O) groups excluding carboxylic acids is 2. The number of halogens is 3. The van der Waals surface area contributed by atoms with Crippen LogP contribution in [-0.2, 0) is 0 Å². The molecular formula is C20H20ClF2N3O3. The van der Waals surface area contributed by atoms with E-state index < -0.39 is 6.61 Å². The molecule has 1 N–H and O–H groups in total. The first kappa shape index (κ1) is 20.9. The van der Waals surface area contributed by atoms with E-state index in [1.165, 1.54) is 18.2 Å². The smallest absolute Gasteiger partial charge is 0.387 e. The summed E-state index contributed by atoms with van der Waals surface area (Å²) in [6.45, 7) is -1.32. The fraction of sp³-hybridized carbons (Fsp3) is 0.300. The van der Waals surface area contributed by atoms with Gasteiger partial charge >= 0.3 is 12.6 Å². The molecule has 1 heterocycles. The van der Waals surface area contributed by atoms with Crippen LogP contribution < -0.4 is 10.1 Å². The van der Waals surface area contributed by atoms with E-state index in [9.17, 15) is 18.4 Å². The lowest BCUT2D eigenvalue weighted by Crippen LogP contribution is -2.39. The van der Waals surface area contributed by atoms with Crippen LogP contribution in [0, 0.1) is 0 Å². The Morgan fingerprint density at radius 1 is 1.00 bits per heavy atom. The van der Waals surface area contributed by atoms with Crippen LogP contribution >= 0.6 is 11.6 Å². The third-order valence-electron chi connectivity index (χ3n) is 4.45. The van der Waals surface area contributed by atoms with Gasteiger partial charge in [0.05, 0.1) is 0 Å². The van der Waals surface area contributed by atoms with Gasteiger partial charge in [0.25, 0.3) is 5.91 Å². The van der Waals surface area contributed by atoms with Gasteiger partial charge in [-0.2, -0.15) is 8.78 Å². The molecule has 6 nitrogen and oxygen atoms in total. The van der Waals surface area contributed by atoms with E-state index in [1.807, 2.05) is 0 Å². The Morgan fingerprint density at radius 3 is 2.48 bits per heavy atom. The summed E-state index contributed by atoms with van der Waals surface area (Å²) < 4.78 is 29.1. The minimum Gasteiger partial charge on any atom is -0.435 e. The van der Waals surface area contributed by atoms with E-state index in [1.54, 1.807) is 40.1 Å². The lowest BCUT2D eigenvalue weighted by molar-refractivity contribution is -0.0499. The summed E-state index contributed by atoms with van der Waals surface area (Å²) in [6.07, 6.45) is 0.599. The molecule has 1 fully saturated rings. The van der Waals surface area contributed by atoms with Gasteiger partial charge in [-0.25, -0.2) is 4.79 Å². The second-order valence-corrected chi connectivity index (χ2v) is 6.92. The van der Waals surface area contributed by atoms with Crippen LogP contribution in [0.15, 0.2) is 48.5 Å². The number of carbonyl (C=O) groups is 2. The quantitative estimate of drug-likeness (QED) is 0.796. The van der Waals surface area contributed by atoms with Gasteiger partial charge in [0.1, 0.15) is 5.75 Å². The fourth-order valence-electron chi connectivity index (χ4n) is 3.08. The molecule has 0 unspecified atom stereocenters. The lowest BCUT2D eigenvalue weighted by atomic mass is 10.2. The van der Waals surface area contributed by atoms with E-state index in [4.69, 9.17) is 11.6 Å². The molecule has 0 saturated carbocycles. The summed E-state index contributed by atoms with van der Waals surface area (Å²) >= 11 is 5.93. The molecule has 0 aliphatic carbocycles. The van der Waals surface area contributed by atoms with E-state index in [-0.39, 0.29) is 23.3 Å². The van der Waals surface area contributed by atoms with Gasteiger partial charge in [0.15, 0.2) is 0 Å². The normalized spacial score (nSPS) is 14.5. The molecule has 3 rings (SSSR count). The average Bonchev–Trinajstić information content (AvgIpc) is 2.93. The maximum absolute atomic E-state index is 12.7. The molecule has 2 aromatic rings. The van der Waals surface area contributed by atoms with Gasteiger partial charge in [-0.1, -0.05) is 23.7 Å². The molecular weight excluding hydrogens is 404 g/mol. The van der Waals surface area contributed by atoms with Gasteiger partial charge < -0.3 is 19.9 Å². The standard InChI is InChI=1S/C20H20ClF2N3O3/c21-15-5-2-6-16(13-15)24-20(28)26-9-3-8-25(10-11-26)18(27)14-4-1-7-17(12-14)29-19(22)23/h1-2,4-7,12-13,19H,3,8-11H2,(H,24,28). The van der Waals surface area contributed by atoms with Gasteiger partial charge in [0.2, 0.25) is 0 Å². The molecule has 1 saturated heterocycles. The first-order chi connectivity index (χ1) is 13.9. The highest BCUT2D eigenvalue weighted by atomic mass is 35.5. The third-order valence-corrected chi connectivity index (χ3v) is 4.69. The summed E-state index contributed by atoms with van der Waals surface area (Å²) in [5, 5.41) is 3.31. The molecule has 0 radical (unpaired) electrons. The lowest BCUT2D eigenvalue weighted by Gasteiger charge is -2.22. The molecule has 9 heteroatoms. The zero-order valence-corrected chi connectivity index (χ0v) is 16.2. The highest BCUT2D eigenvalue weighted by molar-refractivity contribution is 6.30. The highest BCUT2D eigenvalue weighted by Crippen LogP contribution is 2.19. The SMILES string of the molecule is O=C(Nc1cccc(Cl)c1)N1CCCN(C(=O)c2cccc(OC(F)F)c2)CC1. The number of rotatable bonds is 4. The average molecular weight is 424 g/mol. The number of amides is 3. The Hall–Kier alpha value is -2.87. The van der Waals surface area contributed by atoms with Crippen molar-refractivity contribution < 1.29 is 23.1 Å². The van der Waals surface area contributed by atoms with Gasteiger partial charge in [-0.15, -0.1) is 0 Å². The number of benzene rings is 2. The molecule has 0 spiro atoms. The summed E-state index contributed by atoms with van der Waals surface area (Å²) in [5.74, 6) is -0.356. The van der Waals surface area contributed by atoms with Crippen molar-refractivity contribution in [1.29, 1.82) is 0 Å². The molecule has 0 aromatic heterocycles.